The summed E-state index contributed by atoms with van der Waals surface area (Å²) in [5, 5.41) is 16.4. The third-order valence-electron chi connectivity index (χ3n) is 4.68. The van der Waals surface area contributed by atoms with E-state index in [2.05, 4.69) is 28.9 Å². The molecule has 136 valence electrons. The Morgan fingerprint density at radius 3 is 2.67 bits per heavy atom. The van der Waals surface area contributed by atoms with Crippen LogP contribution in [0.25, 0.3) is 11.0 Å². The maximum atomic E-state index is 12.0. The Hall–Kier alpha value is -2.89. The summed E-state index contributed by atoms with van der Waals surface area (Å²) >= 11 is 1.70. The molecular weight excluding hydrogens is 358 g/mol. The number of nitrogens with one attached hydrogen (secondary N) is 1. The minimum atomic E-state index is -0.416. The second kappa shape index (κ2) is 7.39. The van der Waals surface area contributed by atoms with Gasteiger partial charge >= 0.3 is 5.63 Å². The molecule has 0 aliphatic heterocycles. The van der Waals surface area contributed by atoms with E-state index in [1.54, 1.807) is 30.4 Å². The van der Waals surface area contributed by atoms with Gasteiger partial charge in [0.25, 0.3) is 0 Å². The molecule has 0 unspecified atom stereocenters. The number of aryl methyl sites for hydroxylation is 1. The molecule has 2 N–H and O–H groups in total. The second-order valence-electron chi connectivity index (χ2n) is 6.42. The van der Waals surface area contributed by atoms with Gasteiger partial charge in [-0.3, -0.25) is 0 Å². The summed E-state index contributed by atoms with van der Waals surface area (Å²) in [5.41, 5.74) is 2.61. The Balaban J connectivity index is 1.71. The minimum Gasteiger partial charge on any atom is -0.508 e. The molecule has 0 radical (unpaired) electrons. The molecule has 1 atom stereocenters. The Kier molecular flexibility index (Phi) is 4.79. The van der Waals surface area contributed by atoms with E-state index in [1.807, 2.05) is 24.3 Å². The lowest BCUT2D eigenvalue weighted by molar-refractivity contribution is 0.468. The molecular formula is C22H19NO3S. The van der Waals surface area contributed by atoms with Crippen molar-refractivity contribution in [1.82, 2.24) is 5.32 Å². The maximum Gasteiger partial charge on any atom is 0.336 e. The van der Waals surface area contributed by atoms with Crippen molar-refractivity contribution in [1.29, 1.82) is 0 Å². The highest BCUT2D eigenvalue weighted by atomic mass is 32.1. The normalized spacial score (nSPS) is 12.3. The first-order chi connectivity index (χ1) is 13.1. The van der Waals surface area contributed by atoms with Gasteiger partial charge in [0.15, 0.2) is 0 Å². The van der Waals surface area contributed by atoms with Crippen LogP contribution in [0.1, 0.15) is 27.6 Å². The van der Waals surface area contributed by atoms with Gasteiger partial charge in [-0.25, -0.2) is 4.79 Å². The second-order valence-corrected chi connectivity index (χ2v) is 7.40. The molecule has 0 bridgehead atoms. The fraction of sp³-hybridized carbons (Fsp3) is 0.136. The van der Waals surface area contributed by atoms with Gasteiger partial charge < -0.3 is 14.8 Å². The van der Waals surface area contributed by atoms with Crippen molar-refractivity contribution in [2.24, 2.45) is 0 Å². The number of hydrogen-bond donors (Lipinski definition) is 2. The van der Waals surface area contributed by atoms with Crippen LogP contribution < -0.4 is 10.9 Å². The van der Waals surface area contributed by atoms with E-state index in [0.717, 1.165) is 10.9 Å². The standard InChI is InChI=1S/C22H19NO3S/c1-14-18(24)10-9-17-16(12-20(25)26-22(14)17)13-23-21(19-8-5-11-27-19)15-6-3-2-4-7-15/h2-12,21,23-24H,13H2,1H3/t21-/m1/s1. The van der Waals surface area contributed by atoms with Gasteiger partial charge in [-0.05, 0) is 41.6 Å². The number of benzene rings is 2. The first-order valence-corrected chi connectivity index (χ1v) is 9.58. The number of rotatable bonds is 5. The van der Waals surface area contributed by atoms with Crippen LogP contribution in [-0.2, 0) is 6.54 Å². The predicted molar refractivity (Wildman–Crippen MR) is 108 cm³/mol. The average molecular weight is 377 g/mol. The minimum absolute atomic E-state index is 0.0340. The topological polar surface area (TPSA) is 62.5 Å². The van der Waals surface area contributed by atoms with E-state index in [0.29, 0.717) is 17.7 Å². The summed E-state index contributed by atoms with van der Waals surface area (Å²) in [4.78, 5) is 13.2. The first-order valence-electron chi connectivity index (χ1n) is 8.70. The fourth-order valence-corrected chi connectivity index (χ4v) is 4.08. The van der Waals surface area contributed by atoms with Crippen LogP contribution in [0.4, 0.5) is 0 Å². The van der Waals surface area contributed by atoms with Gasteiger partial charge in [-0.15, -0.1) is 11.3 Å². The smallest absolute Gasteiger partial charge is 0.336 e. The van der Waals surface area contributed by atoms with E-state index in [1.165, 1.54) is 16.5 Å². The highest BCUT2D eigenvalue weighted by Gasteiger charge is 2.16. The zero-order valence-corrected chi connectivity index (χ0v) is 15.6. The summed E-state index contributed by atoms with van der Waals surface area (Å²) in [5.74, 6) is 0.122. The molecule has 0 saturated carbocycles. The Morgan fingerprint density at radius 1 is 1.11 bits per heavy atom. The van der Waals surface area contributed by atoms with E-state index in [-0.39, 0.29) is 11.8 Å². The van der Waals surface area contributed by atoms with Gasteiger partial charge in [0.1, 0.15) is 11.3 Å². The van der Waals surface area contributed by atoms with Crippen LogP contribution in [0.5, 0.6) is 5.75 Å². The van der Waals surface area contributed by atoms with Crippen molar-refractivity contribution in [3.63, 3.8) is 0 Å². The number of thiophene rings is 1. The molecule has 2 heterocycles. The van der Waals surface area contributed by atoms with E-state index in [4.69, 9.17) is 4.42 Å². The molecule has 4 nitrogen and oxygen atoms in total. The van der Waals surface area contributed by atoms with Gasteiger partial charge in [-0.1, -0.05) is 36.4 Å². The van der Waals surface area contributed by atoms with E-state index >= 15 is 0 Å². The molecule has 0 aliphatic rings. The molecule has 0 aliphatic carbocycles. The van der Waals surface area contributed by atoms with E-state index < -0.39 is 5.63 Å². The molecule has 27 heavy (non-hydrogen) atoms. The Labute approximate surface area is 160 Å². The van der Waals surface area contributed by atoms with Crippen LogP contribution in [0.2, 0.25) is 0 Å². The lowest BCUT2D eigenvalue weighted by atomic mass is 10.0. The fourth-order valence-electron chi connectivity index (χ4n) is 3.26. The monoisotopic (exact) mass is 377 g/mol. The van der Waals surface area contributed by atoms with Crippen molar-refractivity contribution >= 4 is 22.3 Å². The van der Waals surface area contributed by atoms with Gasteiger partial charge in [0.2, 0.25) is 0 Å². The Morgan fingerprint density at radius 2 is 1.93 bits per heavy atom. The molecule has 0 fully saturated rings. The first kappa shape index (κ1) is 17.5. The SMILES string of the molecule is Cc1c(O)ccc2c(CN[C@H](c3ccccc3)c3cccs3)cc(=O)oc12. The highest BCUT2D eigenvalue weighted by molar-refractivity contribution is 7.10. The van der Waals surface area contributed by atoms with Crippen LogP contribution in [0.3, 0.4) is 0 Å². The van der Waals surface area contributed by atoms with Crippen molar-refractivity contribution < 1.29 is 9.52 Å². The summed E-state index contributed by atoms with van der Waals surface area (Å²) < 4.78 is 5.34. The summed E-state index contributed by atoms with van der Waals surface area (Å²) in [6, 6.07) is 19.4. The molecule has 0 spiro atoms. The lowest BCUT2D eigenvalue weighted by Gasteiger charge is -2.19. The molecule has 5 heteroatoms. The summed E-state index contributed by atoms with van der Waals surface area (Å²) in [6.07, 6.45) is 0. The van der Waals surface area contributed by atoms with Crippen molar-refractivity contribution in [3.05, 3.63) is 98.0 Å². The summed E-state index contributed by atoms with van der Waals surface area (Å²) in [7, 11) is 0. The van der Waals surface area contributed by atoms with E-state index in [9.17, 15) is 9.90 Å². The molecule has 2 aromatic carbocycles. The van der Waals surface area contributed by atoms with Gasteiger partial charge in [0.05, 0.1) is 6.04 Å². The maximum absolute atomic E-state index is 12.0. The quantitative estimate of drug-likeness (QED) is 0.493. The molecule has 0 amide bonds. The van der Waals surface area contributed by atoms with Crippen LogP contribution in [-0.4, -0.2) is 5.11 Å². The number of phenolic OH excluding ortho intramolecular Hbond substituents is 1. The van der Waals surface area contributed by atoms with Gasteiger partial charge in [0, 0.05) is 28.4 Å². The molecule has 2 aromatic heterocycles. The van der Waals surface area contributed by atoms with Crippen LogP contribution >= 0.6 is 11.3 Å². The van der Waals surface area contributed by atoms with Crippen molar-refractivity contribution in [2.75, 3.05) is 0 Å². The van der Waals surface area contributed by atoms with Crippen LogP contribution in [0, 0.1) is 6.92 Å². The number of fused-ring (bicyclic) bond motifs is 1. The van der Waals surface area contributed by atoms with Crippen molar-refractivity contribution in [2.45, 2.75) is 19.5 Å². The molecule has 0 saturated heterocycles. The van der Waals surface area contributed by atoms with Crippen LogP contribution in [0.15, 0.2) is 75.3 Å². The third kappa shape index (κ3) is 3.52. The third-order valence-corrected chi connectivity index (χ3v) is 5.61. The largest absolute Gasteiger partial charge is 0.508 e. The number of hydrogen-bond acceptors (Lipinski definition) is 5. The number of aromatic hydroxyl groups is 1. The molecule has 4 aromatic rings. The zero-order valence-electron chi connectivity index (χ0n) is 14.8. The number of phenols is 1. The summed E-state index contributed by atoms with van der Waals surface area (Å²) in [6.45, 7) is 2.25. The zero-order chi connectivity index (χ0) is 18.8. The predicted octanol–water partition coefficient (Wildman–Crippen LogP) is 4.75. The Bertz CT molecular complexity index is 1120. The molecule has 4 rings (SSSR count). The van der Waals surface area contributed by atoms with Crippen molar-refractivity contribution in [3.8, 4) is 5.75 Å². The average Bonchev–Trinajstić information content (AvgIpc) is 3.20. The lowest BCUT2D eigenvalue weighted by Crippen LogP contribution is -2.22. The van der Waals surface area contributed by atoms with Gasteiger partial charge in [-0.2, -0.15) is 0 Å². The highest BCUT2D eigenvalue weighted by Crippen LogP contribution is 2.29.